The second-order valence-corrected chi connectivity index (χ2v) is 3.90. The van der Waals surface area contributed by atoms with Crippen molar-refractivity contribution in [2.24, 2.45) is 5.84 Å². The molecule has 0 aromatic heterocycles. The lowest BCUT2D eigenvalue weighted by atomic mass is 10.0. The van der Waals surface area contributed by atoms with Crippen LogP contribution in [0, 0.1) is 11.6 Å². The number of ether oxygens (including phenoxy) is 1. The zero-order valence-electron chi connectivity index (χ0n) is 9.25. The molecular weight excluding hydrogens is 226 g/mol. The minimum Gasteiger partial charge on any atom is -0.496 e. The maximum absolute atomic E-state index is 13.1. The van der Waals surface area contributed by atoms with Crippen LogP contribution < -0.4 is 11.3 Å². The molecule has 0 bridgehead atoms. The Kier molecular flexibility index (Phi) is 3.71. The second kappa shape index (κ2) is 5.25. The highest BCUT2D eigenvalue weighted by Gasteiger charge is 2.19. The summed E-state index contributed by atoms with van der Waals surface area (Å²) in [7, 11) is 0. The summed E-state index contributed by atoms with van der Waals surface area (Å²) in [6.45, 7) is 0.599. The van der Waals surface area contributed by atoms with Gasteiger partial charge in [0.25, 0.3) is 0 Å². The zero-order valence-corrected chi connectivity index (χ0v) is 9.25. The number of nitrogens with one attached hydrogen (secondary N) is 1. The fourth-order valence-electron chi connectivity index (χ4n) is 1.86. The number of hydrogen-bond acceptors (Lipinski definition) is 3. The van der Waals surface area contributed by atoms with Crippen LogP contribution in [0.2, 0.25) is 0 Å². The molecule has 0 amide bonds. The molecule has 1 aliphatic rings. The fourth-order valence-corrected chi connectivity index (χ4v) is 1.86. The van der Waals surface area contributed by atoms with Crippen molar-refractivity contribution in [2.45, 2.75) is 18.9 Å². The molecule has 0 saturated carbocycles. The van der Waals surface area contributed by atoms with Gasteiger partial charge in [-0.1, -0.05) is 0 Å². The summed E-state index contributed by atoms with van der Waals surface area (Å²) in [6, 6.07) is 2.80. The molecule has 0 radical (unpaired) electrons. The molecule has 2 rings (SSSR count). The lowest BCUT2D eigenvalue weighted by Crippen LogP contribution is -2.31. The van der Waals surface area contributed by atoms with Crippen LogP contribution in [0.1, 0.15) is 24.4 Å². The SMILES string of the molecule is NNC(C1=CCCCO1)c1cc(F)cc(F)c1. The Morgan fingerprint density at radius 2 is 1.94 bits per heavy atom. The zero-order chi connectivity index (χ0) is 12.3. The molecule has 0 spiro atoms. The van der Waals surface area contributed by atoms with Gasteiger partial charge in [0.1, 0.15) is 23.4 Å². The summed E-state index contributed by atoms with van der Waals surface area (Å²) >= 11 is 0. The highest BCUT2D eigenvalue weighted by Crippen LogP contribution is 2.26. The lowest BCUT2D eigenvalue weighted by molar-refractivity contribution is 0.167. The molecule has 1 unspecified atom stereocenters. The van der Waals surface area contributed by atoms with E-state index in [1.54, 1.807) is 0 Å². The molecule has 3 nitrogen and oxygen atoms in total. The van der Waals surface area contributed by atoms with Crippen LogP contribution in [0.3, 0.4) is 0 Å². The Labute approximate surface area is 98.2 Å². The van der Waals surface area contributed by atoms with Gasteiger partial charge in [0.2, 0.25) is 0 Å². The van der Waals surface area contributed by atoms with Gasteiger partial charge in [-0.15, -0.1) is 0 Å². The molecule has 1 aliphatic heterocycles. The van der Waals surface area contributed by atoms with Crippen LogP contribution >= 0.6 is 0 Å². The standard InChI is InChI=1S/C12H14F2N2O/c13-9-5-8(6-10(14)7-9)12(16-15)11-3-1-2-4-17-11/h3,5-7,12,16H,1-2,4,15H2. The Morgan fingerprint density at radius 1 is 1.24 bits per heavy atom. The molecule has 92 valence electrons. The Morgan fingerprint density at radius 3 is 2.47 bits per heavy atom. The second-order valence-electron chi connectivity index (χ2n) is 3.90. The number of nitrogens with two attached hydrogens (primary N) is 1. The topological polar surface area (TPSA) is 47.3 Å². The molecule has 0 aliphatic carbocycles. The molecule has 1 aromatic rings. The van der Waals surface area contributed by atoms with E-state index in [1.807, 2.05) is 6.08 Å². The Hall–Kier alpha value is -1.46. The van der Waals surface area contributed by atoms with Gasteiger partial charge < -0.3 is 4.74 Å². The van der Waals surface area contributed by atoms with Crippen molar-refractivity contribution in [2.75, 3.05) is 6.61 Å². The maximum atomic E-state index is 13.1. The predicted octanol–water partition coefficient (Wildman–Crippen LogP) is 2.16. The van der Waals surface area contributed by atoms with Crippen LogP contribution in [-0.4, -0.2) is 6.61 Å². The van der Waals surface area contributed by atoms with E-state index in [4.69, 9.17) is 10.6 Å². The normalized spacial score (nSPS) is 17.2. The van der Waals surface area contributed by atoms with Gasteiger partial charge in [-0.3, -0.25) is 5.84 Å². The van der Waals surface area contributed by atoms with Crippen LogP contribution in [0.4, 0.5) is 8.78 Å². The highest BCUT2D eigenvalue weighted by atomic mass is 19.1. The van der Waals surface area contributed by atoms with E-state index in [0.717, 1.165) is 18.9 Å². The van der Waals surface area contributed by atoms with Crippen molar-refractivity contribution >= 4 is 0 Å². The predicted molar refractivity (Wildman–Crippen MR) is 59.7 cm³/mol. The summed E-state index contributed by atoms with van der Waals surface area (Å²) in [6.07, 6.45) is 3.71. The van der Waals surface area contributed by atoms with Crippen LogP contribution in [0.15, 0.2) is 30.0 Å². The van der Waals surface area contributed by atoms with Crippen LogP contribution in [-0.2, 0) is 4.74 Å². The fraction of sp³-hybridized carbons (Fsp3) is 0.333. The van der Waals surface area contributed by atoms with E-state index in [-0.39, 0.29) is 0 Å². The van der Waals surface area contributed by atoms with Gasteiger partial charge >= 0.3 is 0 Å². The maximum Gasteiger partial charge on any atom is 0.126 e. The first-order chi connectivity index (χ1) is 8.20. The first kappa shape index (κ1) is 12.0. The highest BCUT2D eigenvalue weighted by molar-refractivity contribution is 5.27. The van der Waals surface area contributed by atoms with Crippen molar-refractivity contribution in [3.05, 3.63) is 47.2 Å². The summed E-state index contributed by atoms with van der Waals surface area (Å²) in [5.41, 5.74) is 2.93. The number of allylic oxidation sites excluding steroid dienone is 1. The van der Waals surface area contributed by atoms with Gasteiger partial charge in [-0.05, 0) is 36.6 Å². The third-order valence-electron chi connectivity index (χ3n) is 2.63. The first-order valence-electron chi connectivity index (χ1n) is 5.45. The van der Waals surface area contributed by atoms with Crippen molar-refractivity contribution < 1.29 is 13.5 Å². The summed E-state index contributed by atoms with van der Waals surface area (Å²) in [5.74, 6) is 4.78. The molecule has 1 aromatic carbocycles. The van der Waals surface area contributed by atoms with E-state index in [2.05, 4.69) is 5.43 Å². The van der Waals surface area contributed by atoms with E-state index in [9.17, 15) is 8.78 Å². The minimum atomic E-state index is -0.628. The van der Waals surface area contributed by atoms with E-state index in [0.29, 0.717) is 17.9 Å². The van der Waals surface area contributed by atoms with Crippen molar-refractivity contribution in [3.63, 3.8) is 0 Å². The molecular formula is C12H14F2N2O. The average Bonchev–Trinajstić information content (AvgIpc) is 2.30. The average molecular weight is 240 g/mol. The molecule has 0 saturated heterocycles. The molecule has 5 heteroatoms. The number of halogens is 2. The van der Waals surface area contributed by atoms with E-state index >= 15 is 0 Å². The third kappa shape index (κ3) is 2.81. The van der Waals surface area contributed by atoms with E-state index in [1.165, 1.54) is 12.1 Å². The first-order valence-corrected chi connectivity index (χ1v) is 5.45. The summed E-state index contributed by atoms with van der Waals surface area (Å²) in [4.78, 5) is 0. The van der Waals surface area contributed by atoms with Crippen LogP contribution in [0.25, 0.3) is 0 Å². The van der Waals surface area contributed by atoms with Gasteiger partial charge in [0.05, 0.1) is 6.61 Å². The Bertz CT molecular complexity index is 414. The number of hydrazine groups is 1. The largest absolute Gasteiger partial charge is 0.496 e. The van der Waals surface area contributed by atoms with Crippen molar-refractivity contribution in [1.82, 2.24) is 5.43 Å². The number of benzene rings is 1. The number of hydrogen-bond donors (Lipinski definition) is 2. The summed E-state index contributed by atoms with van der Waals surface area (Å²) in [5, 5.41) is 0. The molecule has 0 fully saturated rings. The number of rotatable bonds is 3. The minimum absolute atomic E-state index is 0.415. The molecule has 3 N–H and O–H groups in total. The quantitative estimate of drug-likeness (QED) is 0.628. The lowest BCUT2D eigenvalue weighted by Gasteiger charge is -2.23. The molecule has 1 atom stereocenters. The molecule has 17 heavy (non-hydrogen) atoms. The van der Waals surface area contributed by atoms with Crippen molar-refractivity contribution in [3.8, 4) is 0 Å². The Balaban J connectivity index is 2.31. The third-order valence-corrected chi connectivity index (χ3v) is 2.63. The van der Waals surface area contributed by atoms with Gasteiger partial charge in [-0.25, -0.2) is 14.2 Å². The van der Waals surface area contributed by atoms with E-state index < -0.39 is 17.7 Å². The summed E-state index contributed by atoms with van der Waals surface area (Å²) < 4.78 is 31.7. The van der Waals surface area contributed by atoms with Crippen molar-refractivity contribution in [1.29, 1.82) is 0 Å². The smallest absolute Gasteiger partial charge is 0.126 e. The van der Waals surface area contributed by atoms with Gasteiger partial charge in [-0.2, -0.15) is 0 Å². The molecule has 1 heterocycles. The van der Waals surface area contributed by atoms with Crippen LogP contribution in [0.5, 0.6) is 0 Å². The monoisotopic (exact) mass is 240 g/mol. The van der Waals surface area contributed by atoms with Gasteiger partial charge in [0, 0.05) is 6.07 Å². The van der Waals surface area contributed by atoms with Gasteiger partial charge in [0.15, 0.2) is 0 Å².